The van der Waals surface area contributed by atoms with Crippen LogP contribution in [0.2, 0.25) is 0 Å². The number of anilines is 1. The molecule has 1 aromatic carbocycles. The summed E-state index contributed by atoms with van der Waals surface area (Å²) in [6.07, 6.45) is 0.853. The van der Waals surface area contributed by atoms with E-state index in [9.17, 15) is 9.59 Å². The smallest absolute Gasteiger partial charge is 0.319 e. The van der Waals surface area contributed by atoms with E-state index in [1.54, 1.807) is 24.3 Å². The van der Waals surface area contributed by atoms with Gasteiger partial charge in [0, 0.05) is 29.9 Å². The molecule has 25 heavy (non-hydrogen) atoms. The molecule has 1 aromatic rings. The van der Waals surface area contributed by atoms with Gasteiger partial charge >= 0.3 is 6.03 Å². The van der Waals surface area contributed by atoms with Crippen molar-refractivity contribution in [2.75, 3.05) is 31.5 Å². The van der Waals surface area contributed by atoms with Gasteiger partial charge in [-0.2, -0.15) is 0 Å². The number of benzene rings is 1. The number of rotatable bonds is 9. The number of hydrogen-bond donors (Lipinski definition) is 3. The molecule has 140 valence electrons. The van der Waals surface area contributed by atoms with Crippen LogP contribution in [-0.2, 0) is 0 Å². The average Bonchev–Trinajstić information content (AvgIpc) is 2.59. The van der Waals surface area contributed by atoms with Crippen LogP contribution in [0.5, 0.6) is 0 Å². The third-order valence-corrected chi connectivity index (χ3v) is 4.35. The Hall–Kier alpha value is -2.08. The largest absolute Gasteiger partial charge is 0.347 e. The second kappa shape index (κ2) is 10.0. The van der Waals surface area contributed by atoms with E-state index >= 15 is 0 Å². The maximum atomic E-state index is 12.2. The van der Waals surface area contributed by atoms with Crippen molar-refractivity contribution in [1.82, 2.24) is 15.5 Å². The van der Waals surface area contributed by atoms with E-state index in [1.165, 1.54) is 0 Å². The van der Waals surface area contributed by atoms with E-state index in [1.807, 2.05) is 20.8 Å². The van der Waals surface area contributed by atoms with Gasteiger partial charge in [-0.1, -0.05) is 20.8 Å². The van der Waals surface area contributed by atoms with E-state index in [0.29, 0.717) is 17.8 Å². The summed E-state index contributed by atoms with van der Waals surface area (Å²) < 4.78 is 0. The summed E-state index contributed by atoms with van der Waals surface area (Å²) in [6, 6.07) is 6.66. The summed E-state index contributed by atoms with van der Waals surface area (Å²) in [5.41, 5.74) is 0.999. The molecule has 6 nitrogen and oxygen atoms in total. The molecule has 0 aliphatic rings. The summed E-state index contributed by atoms with van der Waals surface area (Å²) in [4.78, 5) is 26.3. The number of amides is 3. The van der Waals surface area contributed by atoms with Gasteiger partial charge in [-0.15, -0.1) is 0 Å². The normalized spacial score (nSPS) is 11.3. The predicted octanol–water partition coefficient (Wildman–Crippen LogP) is 3.07. The van der Waals surface area contributed by atoms with Crippen LogP contribution in [0, 0.1) is 0 Å². The summed E-state index contributed by atoms with van der Waals surface area (Å²) in [5, 5.41) is 8.60. The highest BCUT2D eigenvalue weighted by Gasteiger charge is 2.18. The molecule has 3 amide bonds. The Morgan fingerprint density at radius 1 is 1.04 bits per heavy atom. The first-order valence-electron chi connectivity index (χ1n) is 9.01. The number of nitrogens with zero attached hydrogens (tertiary/aromatic N) is 1. The maximum Gasteiger partial charge on any atom is 0.319 e. The summed E-state index contributed by atoms with van der Waals surface area (Å²) in [6.45, 7) is 13.6. The SMILES string of the molecule is CCN(CC)CCNC(=O)Nc1ccc(C(=O)NC(C)(C)CC)cc1. The van der Waals surface area contributed by atoms with E-state index < -0.39 is 0 Å². The fourth-order valence-corrected chi connectivity index (χ4v) is 2.22. The zero-order valence-electron chi connectivity index (χ0n) is 16.1. The van der Waals surface area contributed by atoms with Gasteiger partial charge in [0.2, 0.25) is 0 Å². The Morgan fingerprint density at radius 2 is 1.64 bits per heavy atom. The zero-order valence-corrected chi connectivity index (χ0v) is 16.1. The second-order valence-electron chi connectivity index (χ2n) is 6.68. The minimum absolute atomic E-state index is 0.109. The van der Waals surface area contributed by atoms with E-state index in [2.05, 4.69) is 34.7 Å². The average molecular weight is 348 g/mol. The highest BCUT2D eigenvalue weighted by atomic mass is 16.2. The molecule has 0 heterocycles. The van der Waals surface area contributed by atoms with Crippen LogP contribution in [0.15, 0.2) is 24.3 Å². The van der Waals surface area contributed by atoms with Crippen LogP contribution in [0.4, 0.5) is 10.5 Å². The Morgan fingerprint density at radius 3 is 2.16 bits per heavy atom. The molecule has 6 heteroatoms. The Balaban J connectivity index is 2.48. The molecule has 0 aromatic heterocycles. The van der Waals surface area contributed by atoms with Crippen molar-refractivity contribution < 1.29 is 9.59 Å². The Kier molecular flexibility index (Phi) is 8.41. The van der Waals surface area contributed by atoms with Gasteiger partial charge < -0.3 is 20.9 Å². The standard InChI is InChI=1S/C19H32N4O2/c1-6-19(4,5)22-17(24)15-9-11-16(12-10-15)21-18(25)20-13-14-23(7-2)8-3/h9-12H,6-8,13-14H2,1-5H3,(H,22,24)(H2,20,21,25). The van der Waals surface area contributed by atoms with Crippen molar-refractivity contribution >= 4 is 17.6 Å². The third kappa shape index (κ3) is 7.56. The molecule has 1 rings (SSSR count). The third-order valence-electron chi connectivity index (χ3n) is 4.35. The van der Waals surface area contributed by atoms with Gasteiger partial charge in [0.15, 0.2) is 0 Å². The van der Waals surface area contributed by atoms with E-state index in [4.69, 9.17) is 0 Å². The van der Waals surface area contributed by atoms with Crippen LogP contribution in [0.3, 0.4) is 0 Å². The summed E-state index contributed by atoms with van der Waals surface area (Å²) in [7, 11) is 0. The zero-order chi connectivity index (χ0) is 18.9. The number of hydrogen-bond acceptors (Lipinski definition) is 3. The van der Waals surface area contributed by atoms with Crippen molar-refractivity contribution in [3.8, 4) is 0 Å². The quantitative estimate of drug-likeness (QED) is 0.642. The second-order valence-corrected chi connectivity index (χ2v) is 6.68. The maximum absolute atomic E-state index is 12.2. The van der Waals surface area contributed by atoms with Crippen LogP contribution < -0.4 is 16.0 Å². The Bertz CT molecular complexity index is 551. The lowest BCUT2D eigenvalue weighted by Crippen LogP contribution is -2.42. The van der Waals surface area contributed by atoms with Crippen molar-refractivity contribution in [3.63, 3.8) is 0 Å². The van der Waals surface area contributed by atoms with Gasteiger partial charge in [0.05, 0.1) is 0 Å². The number of urea groups is 1. The van der Waals surface area contributed by atoms with Crippen LogP contribution in [0.25, 0.3) is 0 Å². The van der Waals surface area contributed by atoms with Gasteiger partial charge in [-0.3, -0.25) is 4.79 Å². The molecule has 0 spiro atoms. The molecule has 0 atom stereocenters. The molecule has 0 fully saturated rings. The summed E-state index contributed by atoms with van der Waals surface area (Å²) >= 11 is 0. The van der Waals surface area contributed by atoms with Crippen molar-refractivity contribution in [1.29, 1.82) is 0 Å². The first kappa shape index (κ1) is 21.0. The fraction of sp³-hybridized carbons (Fsp3) is 0.579. The molecule has 0 radical (unpaired) electrons. The number of carbonyl (C=O) groups excluding carboxylic acids is 2. The molecular formula is C19H32N4O2. The lowest BCUT2D eigenvalue weighted by Gasteiger charge is -2.24. The predicted molar refractivity (Wildman–Crippen MR) is 103 cm³/mol. The number of likely N-dealkylation sites (N-methyl/N-ethyl adjacent to an activating group) is 1. The highest BCUT2D eigenvalue weighted by Crippen LogP contribution is 2.12. The minimum atomic E-state index is -0.239. The molecule has 0 aliphatic heterocycles. The van der Waals surface area contributed by atoms with Crippen LogP contribution in [0.1, 0.15) is 51.4 Å². The molecule has 3 N–H and O–H groups in total. The van der Waals surface area contributed by atoms with Crippen LogP contribution in [-0.4, -0.2) is 48.6 Å². The molecule has 0 unspecified atom stereocenters. The van der Waals surface area contributed by atoms with E-state index in [-0.39, 0.29) is 17.5 Å². The number of nitrogens with one attached hydrogen (secondary N) is 3. The van der Waals surface area contributed by atoms with Crippen molar-refractivity contribution in [2.24, 2.45) is 0 Å². The number of carbonyl (C=O) groups is 2. The first-order chi connectivity index (χ1) is 11.8. The highest BCUT2D eigenvalue weighted by molar-refractivity contribution is 5.95. The molecule has 0 bridgehead atoms. The summed E-state index contributed by atoms with van der Waals surface area (Å²) in [5.74, 6) is -0.109. The monoisotopic (exact) mass is 348 g/mol. The minimum Gasteiger partial charge on any atom is -0.347 e. The van der Waals surface area contributed by atoms with Crippen LogP contribution >= 0.6 is 0 Å². The first-order valence-corrected chi connectivity index (χ1v) is 9.01. The van der Waals surface area contributed by atoms with Crippen molar-refractivity contribution in [3.05, 3.63) is 29.8 Å². The van der Waals surface area contributed by atoms with Gasteiger partial charge in [-0.05, 0) is 57.6 Å². The fourth-order valence-electron chi connectivity index (χ4n) is 2.22. The van der Waals surface area contributed by atoms with Crippen molar-refractivity contribution in [2.45, 2.75) is 46.6 Å². The lowest BCUT2D eigenvalue weighted by atomic mass is 10.0. The van der Waals surface area contributed by atoms with Gasteiger partial charge in [0.1, 0.15) is 0 Å². The molecule has 0 saturated carbocycles. The molecular weight excluding hydrogens is 316 g/mol. The van der Waals surface area contributed by atoms with Gasteiger partial charge in [0.25, 0.3) is 5.91 Å². The lowest BCUT2D eigenvalue weighted by molar-refractivity contribution is 0.0911. The Labute approximate surface area is 151 Å². The van der Waals surface area contributed by atoms with E-state index in [0.717, 1.165) is 26.1 Å². The molecule has 0 saturated heterocycles. The topological polar surface area (TPSA) is 73.5 Å². The molecule has 0 aliphatic carbocycles. The van der Waals surface area contributed by atoms with Gasteiger partial charge in [-0.25, -0.2) is 4.79 Å².